The molecule has 0 atom stereocenters. The Bertz CT molecular complexity index is 332. The summed E-state index contributed by atoms with van der Waals surface area (Å²) in [6.07, 6.45) is 1.33. The third-order valence-corrected chi connectivity index (χ3v) is 2.43. The second-order valence-electron chi connectivity index (χ2n) is 2.83. The molecule has 0 spiro atoms. The maximum Gasteiger partial charge on any atom is 0.0854 e. The molecule has 0 aliphatic heterocycles. The molecule has 0 saturated heterocycles. The van der Waals surface area contributed by atoms with E-state index in [4.69, 9.17) is 29.6 Å². The standard InChI is InChI=1S/C8H12ClN3S/c1-3-5-8(9)6(4-7(10)13)12(2)11-5/h3-4H2,1-2H3,(H2,10,13). The van der Waals surface area contributed by atoms with Gasteiger partial charge in [-0.2, -0.15) is 5.10 Å². The Hall–Kier alpha value is -0.610. The number of halogens is 1. The van der Waals surface area contributed by atoms with Crippen molar-refractivity contribution in [2.45, 2.75) is 19.8 Å². The van der Waals surface area contributed by atoms with Gasteiger partial charge in [0.2, 0.25) is 0 Å². The highest BCUT2D eigenvalue weighted by Gasteiger charge is 2.12. The molecule has 3 nitrogen and oxygen atoms in total. The van der Waals surface area contributed by atoms with E-state index in [-0.39, 0.29) is 0 Å². The second-order valence-corrected chi connectivity index (χ2v) is 3.73. The molecule has 0 fully saturated rings. The molecule has 0 saturated carbocycles. The molecule has 0 amide bonds. The van der Waals surface area contributed by atoms with E-state index in [1.54, 1.807) is 4.68 Å². The van der Waals surface area contributed by atoms with Crippen molar-refractivity contribution in [3.63, 3.8) is 0 Å². The summed E-state index contributed by atoms with van der Waals surface area (Å²) in [4.78, 5) is 0.438. The van der Waals surface area contributed by atoms with Crippen LogP contribution in [0, 0.1) is 0 Å². The number of thiocarbonyl (C=S) groups is 1. The van der Waals surface area contributed by atoms with Crippen LogP contribution in [0.3, 0.4) is 0 Å². The molecular weight excluding hydrogens is 206 g/mol. The lowest BCUT2D eigenvalue weighted by Gasteiger charge is -1.99. The maximum atomic E-state index is 6.08. The molecule has 1 aromatic rings. The van der Waals surface area contributed by atoms with Gasteiger partial charge in [0, 0.05) is 13.5 Å². The molecule has 1 heterocycles. The van der Waals surface area contributed by atoms with Crippen molar-refractivity contribution in [1.29, 1.82) is 0 Å². The van der Waals surface area contributed by atoms with Crippen LogP contribution >= 0.6 is 23.8 Å². The molecule has 72 valence electrons. The molecule has 13 heavy (non-hydrogen) atoms. The van der Waals surface area contributed by atoms with Crippen LogP contribution in [0.1, 0.15) is 18.3 Å². The quantitative estimate of drug-likeness (QED) is 0.780. The number of nitrogens with zero attached hydrogens (tertiary/aromatic N) is 2. The van der Waals surface area contributed by atoms with Crippen molar-refractivity contribution in [2.24, 2.45) is 12.8 Å². The summed E-state index contributed by atoms with van der Waals surface area (Å²) in [5.41, 5.74) is 7.24. The Morgan fingerprint density at radius 2 is 2.31 bits per heavy atom. The van der Waals surface area contributed by atoms with Crippen LogP contribution in [0.25, 0.3) is 0 Å². The molecule has 0 aliphatic carbocycles. The average Bonchev–Trinajstić information content (AvgIpc) is 2.31. The SMILES string of the molecule is CCc1nn(C)c(CC(N)=S)c1Cl. The normalized spacial score (nSPS) is 10.4. The van der Waals surface area contributed by atoms with Gasteiger partial charge in [0.15, 0.2) is 0 Å². The predicted octanol–water partition coefficient (Wildman–Crippen LogP) is 1.46. The molecule has 0 unspecified atom stereocenters. The lowest BCUT2D eigenvalue weighted by Crippen LogP contribution is -2.14. The summed E-state index contributed by atoms with van der Waals surface area (Å²) in [6, 6.07) is 0. The van der Waals surface area contributed by atoms with Gasteiger partial charge in [-0.3, -0.25) is 4.68 Å². The lowest BCUT2D eigenvalue weighted by molar-refractivity contribution is 0.716. The van der Waals surface area contributed by atoms with Crippen LogP contribution in [0.4, 0.5) is 0 Å². The van der Waals surface area contributed by atoms with Crippen molar-refractivity contribution in [2.75, 3.05) is 0 Å². The number of hydrogen-bond donors (Lipinski definition) is 1. The average molecular weight is 218 g/mol. The summed E-state index contributed by atoms with van der Waals surface area (Å²) in [5, 5.41) is 4.94. The molecular formula is C8H12ClN3S. The van der Waals surface area contributed by atoms with Crippen LogP contribution in [0.2, 0.25) is 5.02 Å². The number of hydrogen-bond acceptors (Lipinski definition) is 2. The van der Waals surface area contributed by atoms with E-state index in [9.17, 15) is 0 Å². The van der Waals surface area contributed by atoms with E-state index < -0.39 is 0 Å². The predicted molar refractivity (Wildman–Crippen MR) is 58.1 cm³/mol. The van der Waals surface area contributed by atoms with Crippen molar-refractivity contribution >= 4 is 28.8 Å². The van der Waals surface area contributed by atoms with Gasteiger partial charge in [0.25, 0.3) is 0 Å². The Balaban J connectivity index is 3.05. The zero-order chi connectivity index (χ0) is 10.0. The van der Waals surface area contributed by atoms with E-state index in [1.165, 1.54) is 0 Å². The Labute approximate surface area is 87.9 Å². The summed E-state index contributed by atoms with van der Waals surface area (Å²) < 4.78 is 1.74. The Kier molecular flexibility index (Phi) is 3.27. The van der Waals surface area contributed by atoms with Crippen LogP contribution in [0.15, 0.2) is 0 Å². The number of rotatable bonds is 3. The molecule has 5 heteroatoms. The molecule has 0 aromatic carbocycles. The first-order valence-electron chi connectivity index (χ1n) is 4.04. The van der Waals surface area contributed by atoms with E-state index in [0.29, 0.717) is 16.4 Å². The van der Waals surface area contributed by atoms with Gasteiger partial charge in [-0.1, -0.05) is 30.7 Å². The van der Waals surface area contributed by atoms with Gasteiger partial charge in [-0.25, -0.2) is 0 Å². The molecule has 2 N–H and O–H groups in total. The van der Waals surface area contributed by atoms with Crippen LogP contribution in [0.5, 0.6) is 0 Å². The highest BCUT2D eigenvalue weighted by atomic mass is 35.5. The van der Waals surface area contributed by atoms with Crippen molar-refractivity contribution in [3.8, 4) is 0 Å². The minimum absolute atomic E-state index is 0.438. The molecule has 0 bridgehead atoms. The third kappa shape index (κ3) is 2.19. The zero-order valence-electron chi connectivity index (χ0n) is 7.67. The number of nitrogens with two attached hydrogens (primary N) is 1. The van der Waals surface area contributed by atoms with Crippen molar-refractivity contribution in [3.05, 3.63) is 16.4 Å². The van der Waals surface area contributed by atoms with Crippen LogP contribution < -0.4 is 5.73 Å². The smallest absolute Gasteiger partial charge is 0.0854 e. The summed E-state index contributed by atoms with van der Waals surface area (Å²) in [6.45, 7) is 2.01. The first kappa shape index (κ1) is 10.5. The summed E-state index contributed by atoms with van der Waals surface area (Å²) in [7, 11) is 1.85. The van der Waals surface area contributed by atoms with Gasteiger partial charge >= 0.3 is 0 Å². The number of aryl methyl sites for hydroxylation is 2. The minimum atomic E-state index is 0.438. The van der Waals surface area contributed by atoms with Gasteiger partial charge < -0.3 is 5.73 Å². The van der Waals surface area contributed by atoms with Gasteiger partial charge in [0.05, 0.1) is 21.4 Å². The monoisotopic (exact) mass is 217 g/mol. The Morgan fingerprint density at radius 1 is 1.69 bits per heavy atom. The summed E-state index contributed by atoms with van der Waals surface area (Å²) >= 11 is 10.9. The lowest BCUT2D eigenvalue weighted by atomic mass is 10.2. The van der Waals surface area contributed by atoms with E-state index >= 15 is 0 Å². The van der Waals surface area contributed by atoms with E-state index in [1.807, 2.05) is 14.0 Å². The van der Waals surface area contributed by atoms with Gasteiger partial charge in [-0.15, -0.1) is 0 Å². The third-order valence-electron chi connectivity index (χ3n) is 1.84. The first-order chi connectivity index (χ1) is 6.06. The molecule has 1 rings (SSSR count). The van der Waals surface area contributed by atoms with Crippen molar-refractivity contribution < 1.29 is 0 Å². The maximum absolute atomic E-state index is 6.08. The fraction of sp³-hybridized carbons (Fsp3) is 0.500. The topological polar surface area (TPSA) is 43.8 Å². The zero-order valence-corrected chi connectivity index (χ0v) is 9.24. The van der Waals surface area contributed by atoms with Crippen LogP contribution in [-0.2, 0) is 19.9 Å². The number of aromatic nitrogens is 2. The van der Waals surface area contributed by atoms with Crippen LogP contribution in [-0.4, -0.2) is 14.8 Å². The minimum Gasteiger partial charge on any atom is -0.393 e. The summed E-state index contributed by atoms with van der Waals surface area (Å²) in [5.74, 6) is 0. The molecule has 1 aromatic heterocycles. The highest BCUT2D eigenvalue weighted by Crippen LogP contribution is 2.20. The fourth-order valence-corrected chi connectivity index (χ4v) is 1.67. The molecule has 0 aliphatic rings. The fourth-order valence-electron chi connectivity index (χ4n) is 1.18. The van der Waals surface area contributed by atoms with E-state index in [0.717, 1.165) is 17.8 Å². The largest absolute Gasteiger partial charge is 0.393 e. The second kappa shape index (κ2) is 4.07. The molecule has 0 radical (unpaired) electrons. The first-order valence-corrected chi connectivity index (χ1v) is 4.83. The Morgan fingerprint density at radius 3 is 2.69 bits per heavy atom. The highest BCUT2D eigenvalue weighted by molar-refractivity contribution is 7.80. The van der Waals surface area contributed by atoms with Gasteiger partial charge in [0.1, 0.15) is 0 Å². The van der Waals surface area contributed by atoms with Crippen molar-refractivity contribution in [1.82, 2.24) is 9.78 Å². The van der Waals surface area contributed by atoms with E-state index in [2.05, 4.69) is 5.10 Å². The van der Waals surface area contributed by atoms with Gasteiger partial charge in [-0.05, 0) is 6.42 Å².